The van der Waals surface area contributed by atoms with Gasteiger partial charge in [0.15, 0.2) is 0 Å². The third-order valence-corrected chi connectivity index (χ3v) is 5.31. The number of amides is 1. The minimum atomic E-state index is -2.46. The molecule has 0 aliphatic heterocycles. The molecule has 41 heavy (non-hydrogen) atoms. The van der Waals surface area contributed by atoms with Crippen LogP contribution in [0.15, 0.2) is 42.6 Å². The minimum Gasteiger partial charge on any atom is -0.447 e. The Morgan fingerprint density at radius 3 is 2.20 bits per heavy atom. The number of nitrogens with zero attached hydrogens (tertiary/aromatic N) is 1. The van der Waals surface area contributed by atoms with Crippen molar-refractivity contribution in [1.82, 2.24) is 10.3 Å². The molecule has 0 bridgehead atoms. The molecule has 1 aromatic heterocycles. The molecule has 1 amide bonds. The van der Waals surface area contributed by atoms with E-state index in [1.54, 1.807) is 45.0 Å². The smallest absolute Gasteiger partial charge is 0.407 e. The van der Waals surface area contributed by atoms with Crippen molar-refractivity contribution in [3.8, 4) is 17.0 Å². The summed E-state index contributed by atoms with van der Waals surface area (Å²) in [5.41, 5.74) is -0.156. The first kappa shape index (κ1) is 31.3. The first-order valence-electron chi connectivity index (χ1n) is 11.8. The average Bonchev–Trinajstić information content (AvgIpc) is 2.91. The fraction of sp³-hybridized carbons (Fsp3) is 0.259. The molecule has 0 saturated heterocycles. The fourth-order valence-corrected chi connectivity index (χ4v) is 3.44. The zero-order valence-corrected chi connectivity index (χ0v) is 22.5. The van der Waals surface area contributed by atoms with Gasteiger partial charge in [0.1, 0.15) is 5.60 Å². The highest BCUT2D eigenvalue weighted by atomic mass is 35.5. The number of hydrogen-bond acceptors (Lipinski definition) is 7. The molecule has 0 radical (unpaired) electrons. The van der Waals surface area contributed by atoms with E-state index in [1.807, 2.05) is 0 Å². The van der Waals surface area contributed by atoms with Crippen LogP contribution in [-0.4, -0.2) is 41.3 Å². The quantitative estimate of drug-likeness (QED) is 0.109. The Morgan fingerprint density at radius 1 is 0.951 bits per heavy atom. The summed E-state index contributed by atoms with van der Waals surface area (Å²) in [5, 5.41) is 2.68. The maximum absolute atomic E-state index is 14.1. The van der Waals surface area contributed by atoms with E-state index in [0.29, 0.717) is 16.3 Å². The lowest BCUT2D eigenvalue weighted by molar-refractivity contribution is -0.145. The van der Waals surface area contributed by atoms with Gasteiger partial charge in [-0.2, -0.15) is 8.78 Å². The van der Waals surface area contributed by atoms with Crippen LogP contribution in [0, 0.1) is 29.1 Å². The molecular weight excluding hydrogens is 579 g/mol. The number of aromatic nitrogens is 1. The van der Waals surface area contributed by atoms with Crippen molar-refractivity contribution in [3.63, 3.8) is 0 Å². The van der Waals surface area contributed by atoms with Gasteiger partial charge in [0.2, 0.25) is 40.9 Å². The number of esters is 2. The van der Waals surface area contributed by atoms with Crippen molar-refractivity contribution in [2.75, 3.05) is 6.54 Å². The molecule has 3 aromatic rings. The van der Waals surface area contributed by atoms with E-state index in [4.69, 9.17) is 21.1 Å². The Bertz CT molecular complexity index is 1450. The second-order valence-electron chi connectivity index (χ2n) is 9.37. The number of halogens is 6. The Hall–Kier alpha value is -4.26. The van der Waals surface area contributed by atoms with Crippen molar-refractivity contribution >= 4 is 29.6 Å². The highest BCUT2D eigenvalue weighted by Crippen LogP contribution is 2.30. The van der Waals surface area contributed by atoms with Crippen molar-refractivity contribution in [2.24, 2.45) is 0 Å². The molecule has 8 nitrogen and oxygen atoms in total. The summed E-state index contributed by atoms with van der Waals surface area (Å²) in [7, 11) is 0. The highest BCUT2D eigenvalue weighted by Gasteiger charge is 2.32. The number of hydrogen-bond donors (Lipinski definition) is 1. The lowest BCUT2D eigenvalue weighted by atomic mass is 10.1. The van der Waals surface area contributed by atoms with Crippen LogP contribution in [0.1, 0.15) is 37.6 Å². The molecule has 0 fully saturated rings. The molecular formula is C27H22ClF5N2O6. The molecule has 0 saturated carbocycles. The summed E-state index contributed by atoms with van der Waals surface area (Å²) in [6.45, 7) is 4.38. The maximum atomic E-state index is 14.1. The van der Waals surface area contributed by atoms with Crippen molar-refractivity contribution in [3.05, 3.63) is 82.3 Å². The van der Waals surface area contributed by atoms with E-state index in [9.17, 15) is 36.3 Å². The summed E-state index contributed by atoms with van der Waals surface area (Å²) in [6.07, 6.45) is -2.16. The third kappa shape index (κ3) is 8.13. The van der Waals surface area contributed by atoms with Gasteiger partial charge in [-0.05, 0) is 45.0 Å². The van der Waals surface area contributed by atoms with Crippen LogP contribution >= 0.6 is 11.6 Å². The predicted octanol–water partition coefficient (Wildman–Crippen LogP) is 6.14. The topological polar surface area (TPSA) is 104 Å². The molecule has 0 aliphatic rings. The monoisotopic (exact) mass is 600 g/mol. The first-order chi connectivity index (χ1) is 19.2. The number of nitrogens with one attached hydrogen (secondary N) is 1. The summed E-state index contributed by atoms with van der Waals surface area (Å²) < 4.78 is 83.5. The second-order valence-corrected chi connectivity index (χ2v) is 9.81. The van der Waals surface area contributed by atoms with Crippen LogP contribution in [0.3, 0.4) is 0 Å². The molecule has 3 rings (SSSR count). The first-order valence-corrected chi connectivity index (χ1v) is 12.2. The molecule has 14 heteroatoms. The van der Waals surface area contributed by atoms with Crippen molar-refractivity contribution in [1.29, 1.82) is 0 Å². The molecule has 218 valence electrons. The molecule has 0 aliphatic carbocycles. The SMILES string of the molecule is CC(C)(C)OC(=O)NCCC(OC(=O)c1ccnc(-c2cccc(Cl)c2)c1)C(=O)Oc1c(F)c(F)c(F)c(F)c1F. The predicted molar refractivity (Wildman–Crippen MR) is 135 cm³/mol. The highest BCUT2D eigenvalue weighted by molar-refractivity contribution is 6.30. The minimum absolute atomic E-state index is 0.121. The average molecular weight is 601 g/mol. The number of benzene rings is 2. The van der Waals surface area contributed by atoms with E-state index in [0.717, 1.165) is 0 Å². The lowest BCUT2D eigenvalue weighted by Gasteiger charge is -2.21. The largest absolute Gasteiger partial charge is 0.447 e. The van der Waals surface area contributed by atoms with Crippen LogP contribution in [0.2, 0.25) is 5.02 Å². The van der Waals surface area contributed by atoms with Crippen LogP contribution in [0.4, 0.5) is 26.7 Å². The van der Waals surface area contributed by atoms with E-state index in [-0.39, 0.29) is 12.1 Å². The standard InChI is InChI=1S/C27H22ClF5N2O6/c1-27(2,3)41-26(38)35-10-8-17(25(37)40-23-21(32)19(30)18(29)20(31)22(23)33)39-24(36)14-7-9-34-16(12-14)13-5-4-6-15(28)11-13/h4-7,9,11-12,17H,8,10H2,1-3H3,(H,35,38). The van der Waals surface area contributed by atoms with Gasteiger partial charge in [-0.15, -0.1) is 0 Å². The van der Waals surface area contributed by atoms with Crippen molar-refractivity contribution in [2.45, 2.75) is 38.9 Å². The van der Waals surface area contributed by atoms with Gasteiger partial charge in [-0.1, -0.05) is 23.7 Å². The zero-order valence-electron chi connectivity index (χ0n) is 21.7. The Labute approximate surface area is 235 Å². The van der Waals surface area contributed by atoms with Gasteiger partial charge < -0.3 is 19.5 Å². The zero-order chi connectivity index (χ0) is 30.5. The van der Waals surface area contributed by atoms with Gasteiger partial charge in [0.25, 0.3) is 0 Å². The van der Waals surface area contributed by atoms with Gasteiger partial charge >= 0.3 is 18.0 Å². The molecule has 1 N–H and O–H groups in total. The number of carbonyl (C=O) groups is 3. The Kier molecular flexibility index (Phi) is 9.87. The van der Waals surface area contributed by atoms with E-state index in [2.05, 4.69) is 15.0 Å². The van der Waals surface area contributed by atoms with Crippen LogP contribution < -0.4 is 10.1 Å². The number of ether oxygens (including phenoxy) is 3. The number of alkyl carbamates (subject to hydrolysis) is 1. The summed E-state index contributed by atoms with van der Waals surface area (Å²) in [4.78, 5) is 41.8. The van der Waals surface area contributed by atoms with E-state index in [1.165, 1.54) is 18.3 Å². The van der Waals surface area contributed by atoms with Gasteiger partial charge in [-0.25, -0.2) is 27.6 Å². The van der Waals surface area contributed by atoms with Gasteiger partial charge in [0, 0.05) is 29.7 Å². The lowest BCUT2D eigenvalue weighted by Crippen LogP contribution is -2.38. The number of rotatable bonds is 8. The Balaban J connectivity index is 1.85. The molecule has 1 unspecified atom stereocenters. The fourth-order valence-electron chi connectivity index (χ4n) is 3.25. The molecule has 1 atom stereocenters. The van der Waals surface area contributed by atoms with Crippen molar-refractivity contribution < 1.29 is 50.5 Å². The number of carbonyl (C=O) groups excluding carboxylic acids is 3. The number of pyridine rings is 1. The summed E-state index contributed by atoms with van der Waals surface area (Å²) in [6, 6.07) is 9.05. The van der Waals surface area contributed by atoms with Crippen LogP contribution in [-0.2, 0) is 14.3 Å². The summed E-state index contributed by atoms with van der Waals surface area (Å²) in [5.74, 6) is -16.7. The van der Waals surface area contributed by atoms with Crippen LogP contribution in [0.25, 0.3) is 11.3 Å². The maximum Gasteiger partial charge on any atom is 0.407 e. The molecule has 1 heterocycles. The normalized spacial score (nSPS) is 11.9. The third-order valence-electron chi connectivity index (χ3n) is 5.08. The second kappa shape index (κ2) is 12.9. The summed E-state index contributed by atoms with van der Waals surface area (Å²) >= 11 is 5.99. The van der Waals surface area contributed by atoms with E-state index < -0.39 is 71.0 Å². The van der Waals surface area contributed by atoms with Gasteiger partial charge in [0.05, 0.1) is 11.3 Å². The molecule has 0 spiro atoms. The molecule has 2 aromatic carbocycles. The van der Waals surface area contributed by atoms with Crippen LogP contribution in [0.5, 0.6) is 5.75 Å². The Morgan fingerprint density at radius 2 is 1.59 bits per heavy atom. The van der Waals surface area contributed by atoms with Gasteiger partial charge in [-0.3, -0.25) is 4.98 Å². The van der Waals surface area contributed by atoms with E-state index >= 15 is 0 Å².